The Balaban J connectivity index is 2.22. The molecule has 2 aromatic heterocycles. The number of hydrogen-bond donors (Lipinski definition) is 1. The van der Waals surface area contributed by atoms with Crippen LogP contribution in [0.1, 0.15) is 13.8 Å². The molecule has 3 rings (SSSR count). The summed E-state index contributed by atoms with van der Waals surface area (Å²) in [6.07, 6.45) is 0.864. The first-order valence-corrected chi connectivity index (χ1v) is 7.34. The van der Waals surface area contributed by atoms with Crippen LogP contribution in [-0.4, -0.2) is 24.9 Å². The summed E-state index contributed by atoms with van der Waals surface area (Å²) in [5.41, 5.74) is 0.159. The molecule has 0 spiro atoms. The molecule has 0 aliphatic heterocycles. The van der Waals surface area contributed by atoms with Crippen LogP contribution in [0, 0.1) is 5.92 Å². The summed E-state index contributed by atoms with van der Waals surface area (Å²) < 4.78 is 22.0. The minimum Gasteiger partial charge on any atom is -0.495 e. The monoisotopic (exact) mass is 318 g/mol. The van der Waals surface area contributed by atoms with E-state index >= 15 is 0 Å². The first kappa shape index (κ1) is 15.4. The summed E-state index contributed by atoms with van der Waals surface area (Å²) >= 11 is 0. The van der Waals surface area contributed by atoms with Gasteiger partial charge in [-0.25, -0.2) is 4.79 Å². The molecule has 0 radical (unpaired) electrons. The molecule has 0 aliphatic rings. The highest BCUT2D eigenvalue weighted by Gasteiger charge is 2.22. The SMILES string of the molecule is COc1c2ccoc2c(OCC(O)C(C)C)c2oc(=O)ccc12. The highest BCUT2D eigenvalue weighted by molar-refractivity contribution is 6.06. The van der Waals surface area contributed by atoms with E-state index < -0.39 is 11.7 Å². The van der Waals surface area contributed by atoms with E-state index in [-0.39, 0.29) is 18.1 Å². The lowest BCUT2D eigenvalue weighted by atomic mass is 10.1. The first-order chi connectivity index (χ1) is 11.0. The van der Waals surface area contributed by atoms with Crippen molar-refractivity contribution in [3.63, 3.8) is 0 Å². The van der Waals surface area contributed by atoms with Gasteiger partial charge < -0.3 is 23.4 Å². The van der Waals surface area contributed by atoms with E-state index in [9.17, 15) is 9.90 Å². The Bertz CT molecular complexity index is 889. The Morgan fingerprint density at radius 3 is 2.57 bits per heavy atom. The molecular formula is C17H18O6. The third kappa shape index (κ3) is 2.66. The maximum absolute atomic E-state index is 11.6. The molecule has 23 heavy (non-hydrogen) atoms. The van der Waals surface area contributed by atoms with Gasteiger partial charge in [-0.2, -0.15) is 0 Å². The van der Waals surface area contributed by atoms with Gasteiger partial charge in [0.15, 0.2) is 11.2 Å². The van der Waals surface area contributed by atoms with Crippen molar-refractivity contribution in [2.45, 2.75) is 20.0 Å². The highest BCUT2D eigenvalue weighted by atomic mass is 16.5. The molecule has 0 aliphatic carbocycles. The van der Waals surface area contributed by atoms with Crippen molar-refractivity contribution in [2.75, 3.05) is 13.7 Å². The molecule has 0 saturated carbocycles. The second-order valence-electron chi connectivity index (χ2n) is 5.65. The molecule has 1 aromatic carbocycles. The van der Waals surface area contributed by atoms with Gasteiger partial charge >= 0.3 is 5.63 Å². The van der Waals surface area contributed by atoms with Gasteiger partial charge in [-0.3, -0.25) is 0 Å². The van der Waals surface area contributed by atoms with E-state index in [2.05, 4.69) is 0 Å². The number of aliphatic hydroxyl groups is 1. The lowest BCUT2D eigenvalue weighted by Gasteiger charge is -2.17. The Morgan fingerprint density at radius 2 is 1.87 bits per heavy atom. The fraction of sp³-hybridized carbons (Fsp3) is 0.353. The zero-order valence-corrected chi connectivity index (χ0v) is 13.2. The number of rotatable bonds is 5. The Labute approximate surface area is 132 Å². The molecule has 6 heteroatoms. The minimum absolute atomic E-state index is 0.0404. The second-order valence-corrected chi connectivity index (χ2v) is 5.65. The summed E-state index contributed by atoms with van der Waals surface area (Å²) in [5, 5.41) is 11.3. The number of fused-ring (bicyclic) bond motifs is 2. The molecule has 6 nitrogen and oxygen atoms in total. The summed E-state index contributed by atoms with van der Waals surface area (Å²) in [6, 6.07) is 4.70. The van der Waals surface area contributed by atoms with Crippen LogP contribution in [0.15, 0.2) is 38.1 Å². The molecule has 3 aromatic rings. The van der Waals surface area contributed by atoms with Crippen molar-refractivity contribution in [1.29, 1.82) is 0 Å². The van der Waals surface area contributed by atoms with Gasteiger partial charge in [0.1, 0.15) is 12.4 Å². The van der Waals surface area contributed by atoms with Gasteiger partial charge in [-0.1, -0.05) is 13.8 Å². The number of benzene rings is 1. The average molecular weight is 318 g/mol. The van der Waals surface area contributed by atoms with Crippen LogP contribution in [-0.2, 0) is 0 Å². The molecule has 2 heterocycles. The molecule has 1 atom stereocenters. The van der Waals surface area contributed by atoms with Crippen LogP contribution in [0.5, 0.6) is 11.5 Å². The smallest absolute Gasteiger partial charge is 0.336 e. The number of furan rings is 1. The van der Waals surface area contributed by atoms with Crippen LogP contribution >= 0.6 is 0 Å². The van der Waals surface area contributed by atoms with Crippen LogP contribution in [0.25, 0.3) is 21.9 Å². The molecule has 122 valence electrons. The molecule has 0 amide bonds. The maximum Gasteiger partial charge on any atom is 0.336 e. The Kier molecular flexibility index (Phi) is 4.00. The lowest BCUT2D eigenvalue weighted by molar-refractivity contribution is 0.0705. The van der Waals surface area contributed by atoms with Gasteiger partial charge in [0.05, 0.1) is 30.2 Å². The van der Waals surface area contributed by atoms with E-state index in [0.29, 0.717) is 27.9 Å². The zero-order chi connectivity index (χ0) is 16.6. The van der Waals surface area contributed by atoms with E-state index in [4.69, 9.17) is 18.3 Å². The van der Waals surface area contributed by atoms with Crippen LogP contribution < -0.4 is 15.1 Å². The first-order valence-electron chi connectivity index (χ1n) is 7.34. The highest BCUT2D eigenvalue weighted by Crippen LogP contribution is 2.42. The van der Waals surface area contributed by atoms with Gasteiger partial charge in [0, 0.05) is 6.07 Å². The standard InChI is InChI=1S/C17H18O6/c1-9(2)12(18)8-22-17-15-11(6-7-21-15)14(20-3)10-4-5-13(19)23-16(10)17/h4-7,9,12,18H,8H2,1-3H3. The Morgan fingerprint density at radius 1 is 1.13 bits per heavy atom. The summed E-state index contributed by atoms with van der Waals surface area (Å²) in [6.45, 7) is 3.85. The van der Waals surface area contributed by atoms with Crippen molar-refractivity contribution in [2.24, 2.45) is 5.92 Å². The van der Waals surface area contributed by atoms with Crippen LogP contribution in [0.3, 0.4) is 0 Å². The normalized spacial score (nSPS) is 12.9. The fourth-order valence-electron chi connectivity index (χ4n) is 2.39. The van der Waals surface area contributed by atoms with E-state index in [0.717, 1.165) is 0 Å². The van der Waals surface area contributed by atoms with Crippen molar-refractivity contribution >= 4 is 21.9 Å². The van der Waals surface area contributed by atoms with Crippen molar-refractivity contribution in [1.82, 2.24) is 0 Å². The third-order valence-corrected chi connectivity index (χ3v) is 3.77. The zero-order valence-electron chi connectivity index (χ0n) is 13.2. The van der Waals surface area contributed by atoms with Gasteiger partial charge in [0.25, 0.3) is 0 Å². The number of ether oxygens (including phenoxy) is 2. The molecule has 0 bridgehead atoms. The molecule has 0 fully saturated rings. The summed E-state index contributed by atoms with van der Waals surface area (Å²) in [4.78, 5) is 11.6. The number of methoxy groups -OCH3 is 1. The number of aliphatic hydroxyl groups excluding tert-OH is 1. The quantitative estimate of drug-likeness (QED) is 0.728. The van der Waals surface area contributed by atoms with Crippen molar-refractivity contribution in [3.8, 4) is 11.5 Å². The van der Waals surface area contributed by atoms with E-state index in [1.54, 1.807) is 12.1 Å². The van der Waals surface area contributed by atoms with E-state index in [1.165, 1.54) is 19.4 Å². The Hall–Kier alpha value is -2.47. The van der Waals surface area contributed by atoms with Gasteiger partial charge in [-0.05, 0) is 18.1 Å². The van der Waals surface area contributed by atoms with Crippen LogP contribution in [0.4, 0.5) is 0 Å². The molecule has 0 saturated heterocycles. The van der Waals surface area contributed by atoms with Gasteiger partial charge in [0.2, 0.25) is 5.75 Å². The summed E-state index contributed by atoms with van der Waals surface area (Å²) in [5.74, 6) is 0.876. The van der Waals surface area contributed by atoms with Crippen LogP contribution in [0.2, 0.25) is 0 Å². The maximum atomic E-state index is 11.6. The average Bonchev–Trinajstić information content (AvgIpc) is 3.00. The molecule has 1 N–H and O–H groups in total. The molecular weight excluding hydrogens is 300 g/mol. The topological polar surface area (TPSA) is 82.0 Å². The van der Waals surface area contributed by atoms with Crippen molar-refractivity contribution in [3.05, 3.63) is 34.9 Å². The second kappa shape index (κ2) is 5.96. The predicted molar refractivity (Wildman–Crippen MR) is 85.1 cm³/mol. The lowest BCUT2D eigenvalue weighted by Crippen LogP contribution is -2.23. The van der Waals surface area contributed by atoms with E-state index in [1.807, 2.05) is 13.8 Å². The van der Waals surface area contributed by atoms with Gasteiger partial charge in [-0.15, -0.1) is 0 Å². The summed E-state index contributed by atoms with van der Waals surface area (Å²) in [7, 11) is 1.54. The largest absolute Gasteiger partial charge is 0.495 e. The molecule has 1 unspecified atom stereocenters. The number of hydrogen-bond acceptors (Lipinski definition) is 6. The minimum atomic E-state index is -0.646. The fourth-order valence-corrected chi connectivity index (χ4v) is 2.39. The third-order valence-electron chi connectivity index (χ3n) is 3.77. The van der Waals surface area contributed by atoms with Crippen molar-refractivity contribution < 1.29 is 23.4 Å². The predicted octanol–water partition coefficient (Wildman–Crippen LogP) is 2.94.